The molecule has 0 bridgehead atoms. The highest BCUT2D eigenvalue weighted by Crippen LogP contribution is 2.22. The van der Waals surface area contributed by atoms with Crippen LogP contribution in [0.15, 0.2) is 84.0 Å². The Hall–Kier alpha value is -3.69. The predicted molar refractivity (Wildman–Crippen MR) is 144 cm³/mol. The number of rotatable bonds is 8. The average molecular weight is 500 g/mol. The largest absolute Gasteiger partial charge is 0.369 e. The minimum absolute atomic E-state index is 0.0962. The van der Waals surface area contributed by atoms with Crippen molar-refractivity contribution in [2.75, 3.05) is 42.1 Å². The number of tetrazole rings is 1. The van der Waals surface area contributed by atoms with Gasteiger partial charge in [-0.2, -0.15) is 4.68 Å². The van der Waals surface area contributed by atoms with Crippen molar-refractivity contribution in [1.29, 1.82) is 0 Å². The molecule has 1 saturated heterocycles. The van der Waals surface area contributed by atoms with Crippen LogP contribution >= 0.6 is 11.8 Å². The van der Waals surface area contributed by atoms with E-state index in [1.165, 1.54) is 23.0 Å². The number of piperazine rings is 1. The summed E-state index contributed by atoms with van der Waals surface area (Å²) in [6, 6.07) is 26.6. The van der Waals surface area contributed by atoms with Gasteiger partial charge in [0.2, 0.25) is 11.1 Å². The molecule has 2 heterocycles. The molecule has 4 aromatic rings. The van der Waals surface area contributed by atoms with E-state index in [9.17, 15) is 4.79 Å². The zero-order valence-corrected chi connectivity index (χ0v) is 21.1. The zero-order chi connectivity index (χ0) is 24.7. The van der Waals surface area contributed by atoms with Gasteiger partial charge < -0.3 is 10.2 Å². The lowest BCUT2D eigenvalue weighted by molar-refractivity contribution is -0.113. The SMILES string of the molecule is Cc1cccc(-n2nnnc2SCC(=O)Nc2ccc(N3CCN(Cc4ccccc4)CC3)cc2)c1. The summed E-state index contributed by atoms with van der Waals surface area (Å²) in [6.07, 6.45) is 0. The molecule has 0 unspecified atom stereocenters. The standard InChI is InChI=1S/C27H29N7OS/c1-21-6-5-9-25(18-21)34-27(29-30-31-34)36-20-26(35)28-23-10-12-24(13-11-23)33-16-14-32(15-17-33)19-22-7-3-2-4-8-22/h2-13,18H,14-17,19-20H2,1H3,(H,28,35). The summed E-state index contributed by atoms with van der Waals surface area (Å²) in [4.78, 5) is 17.4. The van der Waals surface area contributed by atoms with E-state index in [4.69, 9.17) is 0 Å². The summed E-state index contributed by atoms with van der Waals surface area (Å²) in [6.45, 7) is 7.06. The molecule has 8 nitrogen and oxygen atoms in total. The molecule has 184 valence electrons. The van der Waals surface area contributed by atoms with E-state index in [2.05, 4.69) is 73.1 Å². The summed E-state index contributed by atoms with van der Waals surface area (Å²) in [5.41, 5.74) is 5.31. The lowest BCUT2D eigenvalue weighted by Crippen LogP contribution is -2.45. The van der Waals surface area contributed by atoms with Gasteiger partial charge in [0.1, 0.15) is 0 Å². The molecule has 0 spiro atoms. The van der Waals surface area contributed by atoms with E-state index in [-0.39, 0.29) is 11.7 Å². The highest BCUT2D eigenvalue weighted by Gasteiger charge is 2.17. The molecular formula is C27H29N7OS. The molecule has 1 aliphatic heterocycles. The highest BCUT2D eigenvalue weighted by atomic mass is 32.2. The number of hydrogen-bond donors (Lipinski definition) is 1. The van der Waals surface area contributed by atoms with Crippen molar-refractivity contribution in [1.82, 2.24) is 25.1 Å². The van der Waals surface area contributed by atoms with Crippen molar-refractivity contribution in [3.05, 3.63) is 90.0 Å². The third-order valence-corrected chi connectivity index (χ3v) is 7.08. The number of hydrogen-bond acceptors (Lipinski definition) is 7. The Bertz CT molecular complexity index is 1280. The van der Waals surface area contributed by atoms with Gasteiger partial charge >= 0.3 is 0 Å². The second kappa shape index (κ2) is 11.4. The molecule has 9 heteroatoms. The molecule has 0 saturated carbocycles. The van der Waals surface area contributed by atoms with E-state index in [0.29, 0.717) is 5.16 Å². The zero-order valence-electron chi connectivity index (χ0n) is 20.2. The minimum Gasteiger partial charge on any atom is -0.369 e. The fraction of sp³-hybridized carbons (Fsp3) is 0.259. The lowest BCUT2D eigenvalue weighted by atomic mass is 10.2. The fourth-order valence-electron chi connectivity index (χ4n) is 4.28. The molecular weight excluding hydrogens is 470 g/mol. The van der Waals surface area contributed by atoms with Gasteiger partial charge in [0, 0.05) is 44.1 Å². The van der Waals surface area contributed by atoms with Gasteiger partial charge in [-0.3, -0.25) is 9.69 Å². The van der Waals surface area contributed by atoms with Crippen molar-refractivity contribution < 1.29 is 4.79 Å². The Labute approximate surface area is 215 Å². The highest BCUT2D eigenvalue weighted by molar-refractivity contribution is 7.99. The van der Waals surface area contributed by atoms with Gasteiger partial charge in [-0.05, 0) is 64.9 Å². The van der Waals surface area contributed by atoms with Crippen LogP contribution in [0.2, 0.25) is 0 Å². The molecule has 5 rings (SSSR count). The van der Waals surface area contributed by atoms with Crippen molar-refractivity contribution in [3.8, 4) is 5.69 Å². The summed E-state index contributed by atoms with van der Waals surface area (Å²) < 4.78 is 1.65. The van der Waals surface area contributed by atoms with Crippen LogP contribution in [0, 0.1) is 6.92 Å². The summed E-state index contributed by atoms with van der Waals surface area (Å²) in [7, 11) is 0. The number of aryl methyl sites for hydroxylation is 1. The summed E-state index contributed by atoms with van der Waals surface area (Å²) in [5.74, 6) is 0.123. The Morgan fingerprint density at radius 3 is 2.44 bits per heavy atom. The smallest absolute Gasteiger partial charge is 0.234 e. The number of anilines is 2. The third-order valence-electron chi connectivity index (χ3n) is 6.16. The van der Waals surface area contributed by atoms with E-state index < -0.39 is 0 Å². The Morgan fingerprint density at radius 1 is 0.917 bits per heavy atom. The lowest BCUT2D eigenvalue weighted by Gasteiger charge is -2.36. The van der Waals surface area contributed by atoms with Crippen molar-refractivity contribution in [2.24, 2.45) is 0 Å². The van der Waals surface area contributed by atoms with Crippen LogP contribution in [0.1, 0.15) is 11.1 Å². The summed E-state index contributed by atoms with van der Waals surface area (Å²) in [5, 5.41) is 15.5. The number of carbonyl (C=O) groups is 1. The van der Waals surface area contributed by atoms with Crippen LogP contribution in [0.3, 0.4) is 0 Å². The van der Waals surface area contributed by atoms with Gasteiger partial charge in [-0.25, -0.2) is 0 Å². The monoisotopic (exact) mass is 499 g/mol. The van der Waals surface area contributed by atoms with E-state index >= 15 is 0 Å². The van der Waals surface area contributed by atoms with Gasteiger partial charge in [-0.15, -0.1) is 5.10 Å². The Morgan fingerprint density at radius 2 is 1.69 bits per heavy atom. The number of aromatic nitrogens is 4. The molecule has 1 aliphatic rings. The Balaban J connectivity index is 1.10. The minimum atomic E-state index is -0.0962. The third kappa shape index (κ3) is 6.10. The van der Waals surface area contributed by atoms with Gasteiger partial charge in [0.05, 0.1) is 11.4 Å². The molecule has 1 N–H and O–H groups in total. The van der Waals surface area contributed by atoms with E-state index in [1.807, 2.05) is 43.3 Å². The average Bonchev–Trinajstić information content (AvgIpc) is 3.38. The van der Waals surface area contributed by atoms with Crippen molar-refractivity contribution in [3.63, 3.8) is 0 Å². The number of carbonyl (C=O) groups excluding carboxylic acids is 1. The van der Waals surface area contributed by atoms with E-state index in [0.717, 1.165) is 49.7 Å². The van der Waals surface area contributed by atoms with Crippen LogP contribution in [0.5, 0.6) is 0 Å². The number of nitrogens with zero attached hydrogens (tertiary/aromatic N) is 6. The van der Waals surface area contributed by atoms with Crippen LogP contribution in [-0.4, -0.2) is 62.9 Å². The molecule has 0 atom stereocenters. The molecule has 1 aromatic heterocycles. The van der Waals surface area contributed by atoms with Crippen molar-refractivity contribution >= 4 is 29.0 Å². The molecule has 3 aromatic carbocycles. The first-order chi connectivity index (χ1) is 17.6. The first kappa shape index (κ1) is 24.0. The quantitative estimate of drug-likeness (QED) is 0.367. The fourth-order valence-corrected chi connectivity index (χ4v) is 4.97. The molecule has 36 heavy (non-hydrogen) atoms. The topological polar surface area (TPSA) is 79.2 Å². The number of nitrogens with one attached hydrogen (secondary N) is 1. The summed E-state index contributed by atoms with van der Waals surface area (Å²) >= 11 is 1.31. The maximum absolute atomic E-state index is 12.6. The van der Waals surface area contributed by atoms with E-state index in [1.54, 1.807) is 4.68 Å². The molecule has 0 radical (unpaired) electrons. The number of benzene rings is 3. The first-order valence-electron chi connectivity index (χ1n) is 12.0. The predicted octanol–water partition coefficient (Wildman–Crippen LogP) is 4.02. The van der Waals surface area contributed by atoms with Crippen LogP contribution in [0.4, 0.5) is 11.4 Å². The Kier molecular flexibility index (Phi) is 7.58. The van der Waals surface area contributed by atoms with Gasteiger partial charge in [-0.1, -0.05) is 54.2 Å². The second-order valence-corrected chi connectivity index (χ2v) is 9.79. The van der Waals surface area contributed by atoms with Crippen LogP contribution in [0.25, 0.3) is 5.69 Å². The number of thioether (sulfide) groups is 1. The first-order valence-corrected chi connectivity index (χ1v) is 13.0. The number of amides is 1. The molecule has 1 amide bonds. The van der Waals surface area contributed by atoms with Crippen LogP contribution in [-0.2, 0) is 11.3 Å². The second-order valence-electron chi connectivity index (χ2n) is 8.84. The molecule has 0 aliphatic carbocycles. The van der Waals surface area contributed by atoms with Crippen LogP contribution < -0.4 is 10.2 Å². The van der Waals surface area contributed by atoms with Gasteiger partial charge in [0.15, 0.2) is 0 Å². The maximum Gasteiger partial charge on any atom is 0.234 e. The van der Waals surface area contributed by atoms with Crippen molar-refractivity contribution in [2.45, 2.75) is 18.6 Å². The van der Waals surface area contributed by atoms with Gasteiger partial charge in [0.25, 0.3) is 0 Å². The maximum atomic E-state index is 12.6. The normalized spacial score (nSPS) is 14.1. The molecule has 1 fully saturated rings.